The number of aliphatic hydroxyl groups excluding tert-OH is 1. The molecular weight excluding hydrogens is 639 g/mol. The van der Waals surface area contributed by atoms with Crippen LogP contribution in [-0.2, 0) is 22.6 Å². The molecule has 2 N–H and O–H groups in total. The van der Waals surface area contributed by atoms with Crippen molar-refractivity contribution >= 4 is 29.4 Å². The van der Waals surface area contributed by atoms with Gasteiger partial charge in [0.2, 0.25) is 11.7 Å². The molecule has 1 aliphatic rings. The van der Waals surface area contributed by atoms with E-state index in [0.717, 1.165) is 9.36 Å². The van der Waals surface area contributed by atoms with Crippen LogP contribution in [0.5, 0.6) is 0 Å². The number of hydrogen-bond donors (Lipinski definition) is 2. The van der Waals surface area contributed by atoms with E-state index in [-0.39, 0.29) is 60.7 Å². The maximum atomic E-state index is 13.6. The van der Waals surface area contributed by atoms with Crippen molar-refractivity contribution in [1.29, 1.82) is 0 Å². The number of rotatable bonds is 9. The molecule has 1 aromatic carbocycles. The smallest absolute Gasteiger partial charge is 0.416 e. The Labute approximate surface area is 262 Å². The van der Waals surface area contributed by atoms with Crippen molar-refractivity contribution in [3.05, 3.63) is 75.3 Å². The Morgan fingerprint density at radius 1 is 1.15 bits per heavy atom. The molecule has 2 amide bonds. The summed E-state index contributed by atoms with van der Waals surface area (Å²) in [4.78, 5) is 61.4. The maximum absolute atomic E-state index is 13.6. The summed E-state index contributed by atoms with van der Waals surface area (Å²) in [6, 6.07) is 8.61. The molecule has 4 heterocycles. The minimum absolute atomic E-state index is 0.0367. The molecule has 0 unspecified atom stereocenters. The average Bonchev–Trinajstić information content (AvgIpc) is 3.57. The van der Waals surface area contributed by atoms with Crippen LogP contribution >= 0.6 is 11.6 Å². The number of amides is 2. The highest BCUT2D eigenvalue weighted by atomic mass is 35.5. The summed E-state index contributed by atoms with van der Waals surface area (Å²) in [6.07, 6.45) is -6.58. The first-order valence-corrected chi connectivity index (χ1v) is 14.1. The number of nitrogens with one attached hydrogen (secondary N) is 1. The number of carbonyl (C=O) groups is 3. The van der Waals surface area contributed by atoms with E-state index < -0.39 is 48.8 Å². The zero-order chi connectivity index (χ0) is 33.2. The second kappa shape index (κ2) is 13.1. The van der Waals surface area contributed by atoms with Gasteiger partial charge < -0.3 is 20.1 Å². The predicted octanol–water partition coefficient (Wildman–Crippen LogP) is 1.06. The minimum Gasteiger partial charge on any atom is -0.462 e. The summed E-state index contributed by atoms with van der Waals surface area (Å²) in [5.74, 6) is -2.87. The molecule has 0 saturated carbocycles. The second-order valence-electron chi connectivity index (χ2n) is 9.87. The van der Waals surface area contributed by atoms with Crippen LogP contribution in [0.25, 0.3) is 17.2 Å². The van der Waals surface area contributed by atoms with Crippen molar-refractivity contribution in [2.24, 2.45) is 0 Å². The van der Waals surface area contributed by atoms with Crippen LogP contribution in [0.1, 0.15) is 33.7 Å². The number of halogens is 4. The van der Waals surface area contributed by atoms with E-state index >= 15 is 0 Å². The fourth-order valence-electron chi connectivity index (χ4n) is 4.53. The Kier molecular flexibility index (Phi) is 9.19. The average molecular weight is 664 g/mol. The Bertz CT molecular complexity index is 1840. The Hall–Kier alpha value is -5.10. The van der Waals surface area contributed by atoms with Crippen molar-refractivity contribution < 1.29 is 37.4 Å². The van der Waals surface area contributed by atoms with Gasteiger partial charge in [-0.25, -0.2) is 24.2 Å². The Morgan fingerprint density at radius 3 is 2.57 bits per heavy atom. The van der Waals surface area contributed by atoms with Crippen LogP contribution in [0, 0.1) is 0 Å². The molecule has 3 aromatic heterocycles. The molecule has 15 nitrogen and oxygen atoms in total. The monoisotopic (exact) mass is 663 g/mol. The van der Waals surface area contributed by atoms with Gasteiger partial charge in [-0.1, -0.05) is 11.6 Å². The fourth-order valence-corrected chi connectivity index (χ4v) is 4.65. The van der Waals surface area contributed by atoms with Gasteiger partial charge in [0.05, 0.1) is 13.2 Å². The maximum Gasteiger partial charge on any atom is 0.416 e. The van der Waals surface area contributed by atoms with Gasteiger partial charge in [-0.15, -0.1) is 10.2 Å². The summed E-state index contributed by atoms with van der Waals surface area (Å²) in [7, 11) is 0. The van der Waals surface area contributed by atoms with E-state index in [1.54, 1.807) is 6.92 Å². The number of carbonyl (C=O) groups excluding carboxylic acids is 3. The van der Waals surface area contributed by atoms with Gasteiger partial charge in [0, 0.05) is 29.9 Å². The summed E-state index contributed by atoms with van der Waals surface area (Å²) >= 11 is 5.94. The van der Waals surface area contributed by atoms with Gasteiger partial charge in [-0.05, 0) is 43.3 Å². The molecule has 5 rings (SSSR count). The van der Waals surface area contributed by atoms with Crippen molar-refractivity contribution in [2.75, 3.05) is 26.2 Å². The lowest BCUT2D eigenvalue weighted by molar-refractivity contribution is -0.207. The standard InChI is InChI=1S/C27H25ClF3N9O6/c1-2-46-25(44)17-4-3-9-33-22(17)40-23(24(43)37-11-10-32-20(42)14-37)34-19(35-40)13-39-26(45)38(12-18(41)27(29,30)31)21(36-39)15-5-7-16(28)8-6-15/h3-9,18,41H,2,10-14H2,1H3,(H,32,42)/t18-/m0/s1. The van der Waals surface area contributed by atoms with Gasteiger partial charge in [0.25, 0.3) is 5.91 Å². The summed E-state index contributed by atoms with van der Waals surface area (Å²) in [5, 5.41) is 21.2. The lowest BCUT2D eigenvalue weighted by Crippen LogP contribution is -2.50. The van der Waals surface area contributed by atoms with Gasteiger partial charge >= 0.3 is 17.8 Å². The third-order valence-electron chi connectivity index (χ3n) is 6.70. The number of ether oxygens (including phenoxy) is 1. The van der Waals surface area contributed by atoms with Crippen LogP contribution in [-0.4, -0.2) is 100 Å². The van der Waals surface area contributed by atoms with Crippen molar-refractivity contribution in [1.82, 2.24) is 44.3 Å². The number of aliphatic hydroxyl groups is 1. The van der Waals surface area contributed by atoms with E-state index in [1.165, 1.54) is 47.5 Å². The highest BCUT2D eigenvalue weighted by molar-refractivity contribution is 6.30. The second-order valence-corrected chi connectivity index (χ2v) is 10.3. The Morgan fingerprint density at radius 2 is 1.89 bits per heavy atom. The van der Waals surface area contributed by atoms with E-state index in [1.807, 2.05) is 0 Å². The first kappa shape index (κ1) is 32.3. The van der Waals surface area contributed by atoms with Crippen molar-refractivity contribution in [3.63, 3.8) is 0 Å². The van der Waals surface area contributed by atoms with E-state index in [0.29, 0.717) is 9.59 Å². The number of hydrogen-bond acceptors (Lipinski definition) is 10. The van der Waals surface area contributed by atoms with Gasteiger partial charge in [-0.3, -0.25) is 14.2 Å². The van der Waals surface area contributed by atoms with E-state index in [4.69, 9.17) is 16.3 Å². The number of aromatic nitrogens is 7. The van der Waals surface area contributed by atoms with Crippen molar-refractivity contribution in [2.45, 2.75) is 32.3 Å². The van der Waals surface area contributed by atoms with Crippen LogP contribution in [0.2, 0.25) is 5.02 Å². The molecule has 1 aliphatic heterocycles. The number of nitrogens with zero attached hydrogens (tertiary/aromatic N) is 8. The van der Waals surface area contributed by atoms with Crippen LogP contribution in [0.3, 0.4) is 0 Å². The van der Waals surface area contributed by atoms with Gasteiger partial charge in [-0.2, -0.15) is 17.9 Å². The van der Waals surface area contributed by atoms with Crippen LogP contribution < -0.4 is 11.0 Å². The number of piperazine rings is 1. The molecule has 1 saturated heterocycles. The molecule has 1 atom stereocenters. The van der Waals surface area contributed by atoms with E-state index in [9.17, 15) is 37.5 Å². The molecule has 0 spiro atoms. The number of alkyl halides is 3. The molecule has 19 heteroatoms. The number of pyridine rings is 1. The number of benzene rings is 1. The molecular formula is C27H25ClF3N9O6. The number of esters is 1. The normalized spacial score (nSPS) is 14.2. The zero-order valence-electron chi connectivity index (χ0n) is 23.9. The van der Waals surface area contributed by atoms with Gasteiger partial charge in [0.15, 0.2) is 23.6 Å². The Balaban J connectivity index is 1.60. The predicted molar refractivity (Wildman–Crippen MR) is 152 cm³/mol. The van der Waals surface area contributed by atoms with Gasteiger partial charge in [0.1, 0.15) is 18.7 Å². The zero-order valence-corrected chi connectivity index (χ0v) is 24.7. The summed E-state index contributed by atoms with van der Waals surface area (Å²) in [6.45, 7) is -0.0634. The van der Waals surface area contributed by atoms with Crippen molar-refractivity contribution in [3.8, 4) is 17.2 Å². The highest BCUT2D eigenvalue weighted by Gasteiger charge is 2.39. The lowest BCUT2D eigenvalue weighted by atomic mass is 10.2. The largest absolute Gasteiger partial charge is 0.462 e. The first-order chi connectivity index (χ1) is 21.9. The quantitative estimate of drug-likeness (QED) is 0.246. The van der Waals surface area contributed by atoms with Crippen LogP contribution in [0.4, 0.5) is 13.2 Å². The fraction of sp³-hybridized carbons (Fsp3) is 0.333. The molecule has 242 valence electrons. The van der Waals surface area contributed by atoms with Crippen LogP contribution in [0.15, 0.2) is 47.4 Å². The molecule has 4 aromatic rings. The molecule has 0 radical (unpaired) electrons. The highest BCUT2D eigenvalue weighted by Crippen LogP contribution is 2.24. The lowest BCUT2D eigenvalue weighted by Gasteiger charge is -2.26. The molecule has 0 bridgehead atoms. The SMILES string of the molecule is CCOC(=O)c1cccnc1-n1nc(Cn2nc(-c3ccc(Cl)cc3)n(C[C@H](O)C(F)(F)F)c2=O)nc1C(=O)N1CCNC(=O)C1. The molecule has 0 aliphatic carbocycles. The summed E-state index contributed by atoms with van der Waals surface area (Å²) in [5.41, 5.74) is -0.894. The molecule has 46 heavy (non-hydrogen) atoms. The molecule has 1 fully saturated rings. The first-order valence-electron chi connectivity index (χ1n) is 13.7. The third-order valence-corrected chi connectivity index (χ3v) is 6.95. The van der Waals surface area contributed by atoms with E-state index in [2.05, 4.69) is 25.5 Å². The minimum atomic E-state index is -5.03. The summed E-state index contributed by atoms with van der Waals surface area (Å²) < 4.78 is 47.3. The third kappa shape index (κ3) is 6.76. The topological polar surface area (TPSA) is 179 Å².